The Morgan fingerprint density at radius 2 is 2.17 bits per heavy atom. The Morgan fingerprint density at radius 3 is 2.67 bits per heavy atom. The van der Waals surface area contributed by atoms with Gasteiger partial charge in [0.2, 0.25) is 0 Å². The molecular weight excluding hydrogens is 218 g/mol. The summed E-state index contributed by atoms with van der Waals surface area (Å²) >= 11 is 3.31. The number of nitrogens with zero attached hydrogens (tertiary/aromatic N) is 2. The molecule has 1 heterocycles. The Labute approximate surface area is 80.5 Å². The molecule has 66 valence electrons. The Balaban J connectivity index is 2.82. The number of halogens is 1. The van der Waals surface area contributed by atoms with Crippen LogP contribution in [0.15, 0.2) is 10.5 Å². The SMILES string of the molecule is CC(C)Cc1cc(Br)c(N)nn1. The van der Waals surface area contributed by atoms with Gasteiger partial charge >= 0.3 is 0 Å². The minimum Gasteiger partial charge on any atom is -0.381 e. The van der Waals surface area contributed by atoms with E-state index in [-0.39, 0.29) is 0 Å². The van der Waals surface area contributed by atoms with Crippen molar-refractivity contribution in [3.05, 3.63) is 16.2 Å². The van der Waals surface area contributed by atoms with Crippen molar-refractivity contribution in [2.75, 3.05) is 5.73 Å². The maximum Gasteiger partial charge on any atom is 0.160 e. The molecule has 4 heteroatoms. The van der Waals surface area contributed by atoms with Crippen molar-refractivity contribution in [1.29, 1.82) is 0 Å². The summed E-state index contributed by atoms with van der Waals surface area (Å²) in [4.78, 5) is 0. The largest absolute Gasteiger partial charge is 0.381 e. The minimum absolute atomic E-state index is 0.447. The third-order valence-corrected chi connectivity index (χ3v) is 2.08. The first kappa shape index (κ1) is 9.45. The van der Waals surface area contributed by atoms with Gasteiger partial charge in [0.1, 0.15) is 0 Å². The molecule has 0 unspecified atom stereocenters. The fourth-order valence-electron chi connectivity index (χ4n) is 0.933. The van der Waals surface area contributed by atoms with Gasteiger partial charge in [-0.05, 0) is 34.3 Å². The van der Waals surface area contributed by atoms with Crippen LogP contribution in [0.25, 0.3) is 0 Å². The van der Waals surface area contributed by atoms with Crippen LogP contribution in [-0.2, 0) is 6.42 Å². The number of hydrogen-bond acceptors (Lipinski definition) is 3. The van der Waals surface area contributed by atoms with Crippen molar-refractivity contribution in [2.45, 2.75) is 20.3 Å². The van der Waals surface area contributed by atoms with Crippen LogP contribution in [0.5, 0.6) is 0 Å². The lowest BCUT2D eigenvalue weighted by molar-refractivity contribution is 0.628. The van der Waals surface area contributed by atoms with Crippen molar-refractivity contribution in [2.24, 2.45) is 5.92 Å². The molecule has 0 aliphatic heterocycles. The molecule has 3 nitrogen and oxygen atoms in total. The Morgan fingerprint density at radius 1 is 1.50 bits per heavy atom. The fraction of sp³-hybridized carbons (Fsp3) is 0.500. The molecule has 1 rings (SSSR count). The second kappa shape index (κ2) is 3.85. The average Bonchev–Trinajstić information content (AvgIpc) is 1.96. The van der Waals surface area contributed by atoms with Crippen LogP contribution in [-0.4, -0.2) is 10.2 Å². The van der Waals surface area contributed by atoms with Gasteiger partial charge in [-0.2, -0.15) is 5.10 Å². The Kier molecular flexibility index (Phi) is 3.03. The van der Waals surface area contributed by atoms with E-state index in [2.05, 4.69) is 40.0 Å². The number of anilines is 1. The van der Waals surface area contributed by atoms with Gasteiger partial charge in [-0.15, -0.1) is 5.10 Å². The summed E-state index contributed by atoms with van der Waals surface area (Å²) in [6, 6.07) is 1.92. The summed E-state index contributed by atoms with van der Waals surface area (Å²) in [5, 5.41) is 7.79. The van der Waals surface area contributed by atoms with E-state index in [1.54, 1.807) is 0 Å². The normalized spacial score (nSPS) is 10.7. The predicted molar refractivity (Wildman–Crippen MR) is 52.7 cm³/mol. The Hall–Kier alpha value is -0.640. The molecule has 0 bridgehead atoms. The standard InChI is InChI=1S/C8H12BrN3/c1-5(2)3-6-4-7(9)8(10)12-11-6/h4-5H,3H2,1-2H3,(H2,10,12). The van der Waals surface area contributed by atoms with E-state index in [0.717, 1.165) is 16.6 Å². The van der Waals surface area contributed by atoms with E-state index >= 15 is 0 Å². The molecular formula is C8H12BrN3. The first-order chi connectivity index (χ1) is 5.59. The minimum atomic E-state index is 0.447. The van der Waals surface area contributed by atoms with Gasteiger partial charge in [-0.25, -0.2) is 0 Å². The lowest BCUT2D eigenvalue weighted by atomic mass is 10.1. The molecule has 0 spiro atoms. The molecule has 0 aliphatic carbocycles. The molecule has 12 heavy (non-hydrogen) atoms. The van der Waals surface area contributed by atoms with Crippen LogP contribution in [0.1, 0.15) is 19.5 Å². The Bertz CT molecular complexity index is 273. The maximum absolute atomic E-state index is 5.50. The number of aromatic nitrogens is 2. The van der Waals surface area contributed by atoms with E-state index in [1.807, 2.05) is 6.07 Å². The second-order valence-electron chi connectivity index (χ2n) is 3.17. The number of nitrogen functional groups attached to an aromatic ring is 1. The zero-order valence-electron chi connectivity index (χ0n) is 7.21. The number of nitrogens with two attached hydrogens (primary N) is 1. The van der Waals surface area contributed by atoms with Crippen LogP contribution < -0.4 is 5.73 Å². The molecule has 0 amide bonds. The first-order valence-electron chi connectivity index (χ1n) is 3.87. The monoisotopic (exact) mass is 229 g/mol. The third kappa shape index (κ3) is 2.44. The average molecular weight is 230 g/mol. The van der Waals surface area contributed by atoms with Gasteiger partial charge in [-0.1, -0.05) is 13.8 Å². The molecule has 1 aromatic heterocycles. The van der Waals surface area contributed by atoms with Crippen LogP contribution in [0.4, 0.5) is 5.82 Å². The fourth-order valence-corrected chi connectivity index (χ4v) is 1.28. The summed E-state index contributed by atoms with van der Waals surface area (Å²) in [6.07, 6.45) is 0.936. The third-order valence-electron chi connectivity index (χ3n) is 1.44. The van der Waals surface area contributed by atoms with Crippen molar-refractivity contribution in [1.82, 2.24) is 10.2 Å². The molecule has 0 saturated carbocycles. The molecule has 0 aromatic carbocycles. The number of rotatable bonds is 2. The maximum atomic E-state index is 5.50. The van der Waals surface area contributed by atoms with Crippen molar-refractivity contribution < 1.29 is 0 Å². The molecule has 0 saturated heterocycles. The highest BCUT2D eigenvalue weighted by atomic mass is 79.9. The van der Waals surface area contributed by atoms with E-state index in [1.165, 1.54) is 0 Å². The lowest BCUT2D eigenvalue weighted by Crippen LogP contribution is -2.02. The highest BCUT2D eigenvalue weighted by Gasteiger charge is 2.03. The van der Waals surface area contributed by atoms with Crippen molar-refractivity contribution in [3.8, 4) is 0 Å². The zero-order chi connectivity index (χ0) is 9.14. The van der Waals surface area contributed by atoms with Crippen LogP contribution in [0, 0.1) is 5.92 Å². The first-order valence-corrected chi connectivity index (χ1v) is 4.66. The topological polar surface area (TPSA) is 51.8 Å². The molecule has 0 atom stereocenters. The van der Waals surface area contributed by atoms with Crippen molar-refractivity contribution in [3.63, 3.8) is 0 Å². The van der Waals surface area contributed by atoms with Gasteiger partial charge < -0.3 is 5.73 Å². The summed E-state index contributed by atoms with van der Waals surface area (Å²) in [5.74, 6) is 1.04. The van der Waals surface area contributed by atoms with Crippen LogP contribution >= 0.6 is 15.9 Å². The van der Waals surface area contributed by atoms with Crippen molar-refractivity contribution >= 4 is 21.7 Å². The lowest BCUT2D eigenvalue weighted by Gasteiger charge is -2.03. The quantitative estimate of drug-likeness (QED) is 0.845. The molecule has 0 aliphatic rings. The molecule has 1 aromatic rings. The van der Waals surface area contributed by atoms with Gasteiger partial charge in [0.05, 0.1) is 10.2 Å². The van der Waals surface area contributed by atoms with Gasteiger partial charge in [0.25, 0.3) is 0 Å². The van der Waals surface area contributed by atoms with Gasteiger partial charge in [0.15, 0.2) is 5.82 Å². The number of hydrogen-bond donors (Lipinski definition) is 1. The van der Waals surface area contributed by atoms with Crippen LogP contribution in [0.3, 0.4) is 0 Å². The zero-order valence-corrected chi connectivity index (χ0v) is 8.80. The van der Waals surface area contributed by atoms with E-state index in [0.29, 0.717) is 11.7 Å². The van der Waals surface area contributed by atoms with E-state index < -0.39 is 0 Å². The smallest absolute Gasteiger partial charge is 0.160 e. The summed E-state index contributed by atoms with van der Waals surface area (Å²) in [6.45, 7) is 4.29. The van der Waals surface area contributed by atoms with E-state index in [9.17, 15) is 0 Å². The predicted octanol–water partition coefficient (Wildman–Crippen LogP) is 2.02. The second-order valence-corrected chi connectivity index (χ2v) is 4.02. The molecule has 2 N–H and O–H groups in total. The van der Waals surface area contributed by atoms with Gasteiger partial charge in [-0.3, -0.25) is 0 Å². The highest BCUT2D eigenvalue weighted by Crippen LogP contribution is 2.17. The van der Waals surface area contributed by atoms with Gasteiger partial charge in [0, 0.05) is 0 Å². The summed E-state index contributed by atoms with van der Waals surface area (Å²) in [5.41, 5.74) is 6.48. The van der Waals surface area contributed by atoms with Crippen LogP contribution in [0.2, 0.25) is 0 Å². The molecule has 0 radical (unpaired) electrons. The highest BCUT2D eigenvalue weighted by molar-refractivity contribution is 9.10. The summed E-state index contributed by atoms with van der Waals surface area (Å²) in [7, 11) is 0. The molecule has 0 fully saturated rings. The van der Waals surface area contributed by atoms with E-state index in [4.69, 9.17) is 5.73 Å². The summed E-state index contributed by atoms with van der Waals surface area (Å²) < 4.78 is 0.827.